The first-order valence-electron chi connectivity index (χ1n) is 3.12. The Balaban J connectivity index is -0.000000605. The van der Waals surface area contributed by atoms with E-state index < -0.39 is 24.8 Å². The second-order valence-electron chi connectivity index (χ2n) is 2.25. The SMILES string of the molecule is CCCC(S(=O)(=O)O)S(=O)(=O)O.[LiH].[LiH]. The number of hydrogen-bond acceptors (Lipinski definition) is 4. The summed E-state index contributed by atoms with van der Waals surface area (Å²) in [5.41, 5.74) is 0. The van der Waals surface area contributed by atoms with Crippen molar-refractivity contribution in [3.63, 3.8) is 0 Å². The quantitative estimate of drug-likeness (QED) is 0.457. The molecule has 14 heavy (non-hydrogen) atoms. The Morgan fingerprint density at radius 1 is 1.00 bits per heavy atom. The van der Waals surface area contributed by atoms with Gasteiger partial charge in [0.15, 0.2) is 0 Å². The molecule has 0 aromatic heterocycles. The van der Waals surface area contributed by atoms with E-state index >= 15 is 0 Å². The van der Waals surface area contributed by atoms with Crippen LogP contribution < -0.4 is 0 Å². The minimum atomic E-state index is -4.72. The third kappa shape index (κ3) is 7.33. The van der Waals surface area contributed by atoms with Gasteiger partial charge in [0, 0.05) is 0 Å². The van der Waals surface area contributed by atoms with Gasteiger partial charge in [0.1, 0.15) is 0 Å². The summed E-state index contributed by atoms with van der Waals surface area (Å²) >= 11 is 0. The van der Waals surface area contributed by atoms with Crippen molar-refractivity contribution in [3.8, 4) is 0 Å². The summed E-state index contributed by atoms with van der Waals surface area (Å²) in [4.78, 5) is 0. The van der Waals surface area contributed by atoms with Crippen molar-refractivity contribution in [1.82, 2.24) is 0 Å². The second-order valence-corrected chi connectivity index (χ2v) is 5.74. The summed E-state index contributed by atoms with van der Waals surface area (Å²) in [5.74, 6) is 0. The van der Waals surface area contributed by atoms with Crippen LogP contribution in [0.1, 0.15) is 19.8 Å². The molecule has 0 atom stereocenters. The Morgan fingerprint density at radius 3 is 1.36 bits per heavy atom. The van der Waals surface area contributed by atoms with Gasteiger partial charge in [0.2, 0.25) is 4.58 Å². The Kier molecular flexibility index (Phi) is 10.7. The van der Waals surface area contributed by atoms with E-state index in [-0.39, 0.29) is 50.6 Å². The molecule has 0 saturated heterocycles. The molecule has 0 aromatic carbocycles. The van der Waals surface area contributed by atoms with Crippen LogP contribution in [-0.2, 0) is 20.2 Å². The fourth-order valence-electron chi connectivity index (χ4n) is 0.687. The summed E-state index contributed by atoms with van der Waals surface area (Å²) in [5, 5.41) is 0. The minimum absolute atomic E-state index is 0. The monoisotopic (exact) mass is 234 g/mol. The zero-order valence-electron chi connectivity index (χ0n) is 6.34. The third-order valence-corrected chi connectivity index (χ3v) is 4.45. The molecule has 0 aliphatic carbocycles. The molecule has 2 N–H and O–H groups in total. The number of hydrogen-bond donors (Lipinski definition) is 2. The molecule has 0 spiro atoms. The van der Waals surface area contributed by atoms with E-state index in [2.05, 4.69) is 0 Å². The van der Waals surface area contributed by atoms with Gasteiger partial charge in [-0.25, -0.2) is 0 Å². The molecule has 0 bridgehead atoms. The Labute approximate surface area is 108 Å². The van der Waals surface area contributed by atoms with E-state index in [0.29, 0.717) is 0 Å². The molecular weight excluding hydrogens is 222 g/mol. The molecule has 0 heterocycles. The maximum absolute atomic E-state index is 10.4. The summed E-state index contributed by atoms with van der Waals surface area (Å²) < 4.78 is 56.2. The molecule has 0 radical (unpaired) electrons. The number of rotatable bonds is 4. The summed E-state index contributed by atoms with van der Waals surface area (Å²) in [6.45, 7) is 1.53. The van der Waals surface area contributed by atoms with E-state index in [1.54, 1.807) is 0 Å². The average molecular weight is 234 g/mol. The molecule has 0 fully saturated rings. The van der Waals surface area contributed by atoms with Gasteiger partial charge in [-0.3, -0.25) is 9.11 Å². The zero-order valence-corrected chi connectivity index (χ0v) is 7.97. The van der Waals surface area contributed by atoms with Crippen molar-refractivity contribution in [2.24, 2.45) is 0 Å². The van der Waals surface area contributed by atoms with Crippen LogP contribution in [0.4, 0.5) is 0 Å². The average Bonchev–Trinajstić information content (AvgIpc) is 1.77. The fourth-order valence-corrected chi connectivity index (χ4v) is 2.98. The van der Waals surface area contributed by atoms with E-state index in [0.717, 1.165) is 0 Å². The van der Waals surface area contributed by atoms with Crippen LogP contribution in [0.3, 0.4) is 0 Å². The van der Waals surface area contributed by atoms with E-state index in [9.17, 15) is 16.8 Å². The standard InChI is InChI=1S/C4H10O6S2.2Li.2H/c1-2-3-4(11(5,6)7)12(8,9)10;;;;/h4H,2-3H2,1H3,(H,5,6,7)(H,8,9,10);;;;. The van der Waals surface area contributed by atoms with E-state index in [4.69, 9.17) is 9.11 Å². The van der Waals surface area contributed by atoms with Gasteiger partial charge in [0.25, 0.3) is 20.2 Å². The first-order chi connectivity index (χ1) is 5.19. The van der Waals surface area contributed by atoms with Crippen molar-refractivity contribution in [2.75, 3.05) is 0 Å². The zero-order chi connectivity index (χ0) is 9.99. The van der Waals surface area contributed by atoms with Gasteiger partial charge < -0.3 is 0 Å². The van der Waals surface area contributed by atoms with Gasteiger partial charge in [-0.1, -0.05) is 13.3 Å². The van der Waals surface area contributed by atoms with Crippen LogP contribution in [0.2, 0.25) is 0 Å². The van der Waals surface area contributed by atoms with E-state index in [1.165, 1.54) is 6.92 Å². The molecule has 6 nitrogen and oxygen atoms in total. The predicted molar refractivity (Wildman–Crippen MR) is 56.1 cm³/mol. The molecular formula is C4H12Li2O6S2. The van der Waals surface area contributed by atoms with Gasteiger partial charge >= 0.3 is 37.7 Å². The van der Waals surface area contributed by atoms with Crippen molar-refractivity contribution in [1.29, 1.82) is 0 Å². The van der Waals surface area contributed by atoms with Crippen LogP contribution >= 0.6 is 0 Å². The topological polar surface area (TPSA) is 109 Å². The molecule has 0 saturated carbocycles. The third-order valence-electron chi connectivity index (χ3n) is 1.19. The molecule has 0 rings (SSSR count). The van der Waals surface area contributed by atoms with Crippen LogP contribution in [0.25, 0.3) is 0 Å². The van der Waals surface area contributed by atoms with Crippen LogP contribution in [0.15, 0.2) is 0 Å². The first kappa shape index (κ1) is 20.4. The van der Waals surface area contributed by atoms with E-state index in [1.807, 2.05) is 0 Å². The maximum atomic E-state index is 10.4. The van der Waals surface area contributed by atoms with Gasteiger partial charge in [-0.05, 0) is 6.42 Å². The van der Waals surface area contributed by atoms with Crippen molar-refractivity contribution >= 4 is 58.0 Å². The molecule has 0 aromatic rings. The Hall–Kier alpha value is 1.01. The van der Waals surface area contributed by atoms with Crippen molar-refractivity contribution in [2.45, 2.75) is 24.3 Å². The summed E-state index contributed by atoms with van der Waals surface area (Å²) in [6.07, 6.45) is -0.0953. The summed E-state index contributed by atoms with van der Waals surface area (Å²) in [7, 11) is -9.45. The molecule has 0 aliphatic rings. The van der Waals surface area contributed by atoms with Gasteiger partial charge in [0.05, 0.1) is 0 Å². The second kappa shape index (κ2) is 7.31. The molecule has 0 unspecified atom stereocenters. The van der Waals surface area contributed by atoms with Gasteiger partial charge in [-0.15, -0.1) is 0 Å². The Morgan fingerprint density at radius 2 is 1.29 bits per heavy atom. The van der Waals surface area contributed by atoms with Crippen molar-refractivity contribution in [3.05, 3.63) is 0 Å². The predicted octanol–water partition coefficient (Wildman–Crippen LogP) is -1.41. The normalized spacial score (nSPS) is 11.7. The van der Waals surface area contributed by atoms with Crippen LogP contribution in [-0.4, -0.2) is 68.2 Å². The van der Waals surface area contributed by atoms with Gasteiger partial charge in [-0.2, -0.15) is 16.8 Å². The van der Waals surface area contributed by atoms with Crippen molar-refractivity contribution < 1.29 is 25.9 Å². The Bertz CT molecular complexity index is 301. The fraction of sp³-hybridized carbons (Fsp3) is 1.00. The molecule has 10 heteroatoms. The first-order valence-corrected chi connectivity index (χ1v) is 6.13. The van der Waals surface area contributed by atoms with Crippen LogP contribution in [0, 0.1) is 0 Å². The van der Waals surface area contributed by atoms with Crippen LogP contribution in [0.5, 0.6) is 0 Å². The molecule has 78 valence electrons. The summed E-state index contributed by atoms with van der Waals surface area (Å²) in [6, 6.07) is 0. The molecule has 0 amide bonds. The molecule has 0 aliphatic heterocycles.